The van der Waals surface area contributed by atoms with Crippen LogP contribution in [0.4, 0.5) is 0 Å². The van der Waals surface area contributed by atoms with Gasteiger partial charge in [-0.25, -0.2) is 8.42 Å². The molecular formula is C21H20N4O4S. The summed E-state index contributed by atoms with van der Waals surface area (Å²) < 4.78 is 29.7. The maximum Gasteiger partial charge on any atom is 0.259 e. The van der Waals surface area contributed by atoms with Crippen LogP contribution in [0.5, 0.6) is 0 Å². The first-order valence-corrected chi connectivity index (χ1v) is 11.6. The van der Waals surface area contributed by atoms with Gasteiger partial charge in [0.15, 0.2) is 9.84 Å². The van der Waals surface area contributed by atoms with Crippen LogP contribution in [0.1, 0.15) is 10.4 Å². The average molecular weight is 424 g/mol. The maximum atomic E-state index is 13.4. The van der Waals surface area contributed by atoms with Crippen molar-refractivity contribution in [1.82, 2.24) is 20.4 Å². The molecule has 0 aliphatic carbocycles. The van der Waals surface area contributed by atoms with E-state index in [1.165, 1.54) is 0 Å². The third-order valence-corrected chi connectivity index (χ3v) is 7.31. The molecule has 1 aromatic heterocycles. The van der Waals surface area contributed by atoms with Crippen LogP contribution in [0.25, 0.3) is 22.8 Å². The Balaban J connectivity index is 1.48. The summed E-state index contributed by atoms with van der Waals surface area (Å²) in [5.74, 6) is 0.518. The number of carbonyl (C=O) groups is 1. The molecule has 0 saturated carbocycles. The predicted molar refractivity (Wildman–Crippen MR) is 110 cm³/mol. The van der Waals surface area contributed by atoms with Crippen molar-refractivity contribution in [2.45, 2.75) is 12.1 Å². The van der Waals surface area contributed by atoms with Crippen LogP contribution in [0.2, 0.25) is 0 Å². The number of piperazine rings is 1. The highest BCUT2D eigenvalue weighted by Crippen LogP contribution is 2.29. The minimum atomic E-state index is -3.16. The van der Waals surface area contributed by atoms with Gasteiger partial charge < -0.3 is 14.7 Å². The van der Waals surface area contributed by atoms with Gasteiger partial charge in [-0.3, -0.25) is 4.79 Å². The topological polar surface area (TPSA) is 105 Å². The molecule has 0 bridgehead atoms. The summed E-state index contributed by atoms with van der Waals surface area (Å²) in [5.41, 5.74) is 1.77. The number of rotatable bonds is 3. The molecule has 0 unspecified atom stereocenters. The quantitative estimate of drug-likeness (QED) is 0.681. The Labute approximate surface area is 173 Å². The van der Waals surface area contributed by atoms with Crippen LogP contribution in [0.15, 0.2) is 59.1 Å². The molecule has 2 saturated heterocycles. The number of sulfone groups is 1. The van der Waals surface area contributed by atoms with Crippen molar-refractivity contribution < 1.29 is 17.7 Å². The molecular weight excluding hydrogens is 404 g/mol. The van der Waals surface area contributed by atoms with E-state index in [0.29, 0.717) is 30.0 Å². The number of hydrogen-bond acceptors (Lipinski definition) is 7. The lowest BCUT2D eigenvalue weighted by atomic mass is 10.0. The van der Waals surface area contributed by atoms with Crippen LogP contribution >= 0.6 is 0 Å². The van der Waals surface area contributed by atoms with E-state index < -0.39 is 9.84 Å². The molecule has 1 amide bonds. The lowest BCUT2D eigenvalue weighted by Gasteiger charge is -2.37. The number of hydrogen-bond donors (Lipinski definition) is 1. The van der Waals surface area contributed by atoms with Gasteiger partial charge in [0.25, 0.3) is 11.8 Å². The van der Waals surface area contributed by atoms with Crippen molar-refractivity contribution in [3.63, 3.8) is 0 Å². The van der Waals surface area contributed by atoms with Crippen molar-refractivity contribution in [3.8, 4) is 22.8 Å². The molecule has 9 heteroatoms. The molecule has 3 heterocycles. The summed E-state index contributed by atoms with van der Waals surface area (Å²) in [6, 6.07) is 15.9. The number of benzene rings is 2. The number of nitrogens with one attached hydrogen (secondary N) is 1. The summed E-state index contributed by atoms with van der Waals surface area (Å²) in [6.45, 7) is 1.01. The smallest absolute Gasteiger partial charge is 0.259 e. The molecule has 2 aliphatic heterocycles. The third-order valence-electron chi connectivity index (χ3n) is 5.59. The van der Waals surface area contributed by atoms with Gasteiger partial charge >= 0.3 is 0 Å². The van der Waals surface area contributed by atoms with E-state index in [4.69, 9.17) is 4.52 Å². The standard InChI is InChI=1S/C21H20N4O4S/c26-21(25-11-10-22-17-12-30(27,28)13-18(17)25)16-9-5-4-8-15(16)20-23-19(24-29-20)14-6-2-1-3-7-14/h1-9,17-18,22H,10-13H2/t17-,18+/m0/s1. The van der Waals surface area contributed by atoms with Gasteiger partial charge in [0, 0.05) is 24.7 Å². The zero-order chi connectivity index (χ0) is 20.7. The molecule has 154 valence electrons. The fourth-order valence-electron chi connectivity index (χ4n) is 4.17. The molecule has 3 aromatic rings. The lowest BCUT2D eigenvalue weighted by Crippen LogP contribution is -2.59. The van der Waals surface area contributed by atoms with Crippen LogP contribution in [0, 0.1) is 0 Å². The Kier molecular flexibility index (Phi) is 4.63. The Morgan fingerprint density at radius 2 is 1.83 bits per heavy atom. The van der Waals surface area contributed by atoms with E-state index in [9.17, 15) is 13.2 Å². The van der Waals surface area contributed by atoms with E-state index >= 15 is 0 Å². The minimum Gasteiger partial charge on any atom is -0.334 e. The highest BCUT2D eigenvalue weighted by atomic mass is 32.2. The number of aromatic nitrogens is 2. The zero-order valence-electron chi connectivity index (χ0n) is 16.1. The van der Waals surface area contributed by atoms with Gasteiger partial charge in [-0.15, -0.1) is 0 Å². The molecule has 0 spiro atoms. The monoisotopic (exact) mass is 424 g/mol. The molecule has 0 radical (unpaired) electrons. The van der Waals surface area contributed by atoms with Crippen molar-refractivity contribution in [2.24, 2.45) is 0 Å². The molecule has 30 heavy (non-hydrogen) atoms. The number of fused-ring (bicyclic) bond motifs is 1. The van der Waals surface area contributed by atoms with Gasteiger partial charge in [-0.1, -0.05) is 47.6 Å². The van der Waals surface area contributed by atoms with E-state index in [2.05, 4.69) is 15.5 Å². The molecule has 2 aliphatic rings. The first kappa shape index (κ1) is 19.0. The fraction of sp³-hybridized carbons (Fsp3) is 0.286. The fourth-order valence-corrected chi connectivity index (χ4v) is 6.12. The number of amides is 1. The summed E-state index contributed by atoms with van der Waals surface area (Å²) >= 11 is 0. The van der Waals surface area contributed by atoms with Gasteiger partial charge in [0.05, 0.1) is 28.7 Å². The van der Waals surface area contributed by atoms with Crippen LogP contribution in [-0.2, 0) is 9.84 Å². The Bertz CT molecular complexity index is 1190. The Hall–Kier alpha value is -3.04. The first-order valence-electron chi connectivity index (χ1n) is 9.75. The first-order chi connectivity index (χ1) is 14.5. The number of nitrogens with zero attached hydrogens (tertiary/aromatic N) is 3. The van der Waals surface area contributed by atoms with Crippen molar-refractivity contribution >= 4 is 15.7 Å². The Morgan fingerprint density at radius 1 is 1.07 bits per heavy atom. The molecule has 8 nitrogen and oxygen atoms in total. The van der Waals surface area contributed by atoms with Gasteiger partial charge in [0.2, 0.25) is 5.82 Å². The van der Waals surface area contributed by atoms with Crippen molar-refractivity contribution in [3.05, 3.63) is 60.2 Å². The lowest BCUT2D eigenvalue weighted by molar-refractivity contribution is 0.0622. The largest absolute Gasteiger partial charge is 0.334 e. The van der Waals surface area contributed by atoms with E-state index in [-0.39, 0.29) is 35.4 Å². The van der Waals surface area contributed by atoms with Gasteiger partial charge in [-0.2, -0.15) is 4.98 Å². The maximum absolute atomic E-state index is 13.4. The van der Waals surface area contributed by atoms with E-state index in [1.807, 2.05) is 30.3 Å². The number of carbonyl (C=O) groups excluding carboxylic acids is 1. The second-order valence-corrected chi connectivity index (χ2v) is 9.69. The molecule has 1 N–H and O–H groups in total. The minimum absolute atomic E-state index is 0.0166. The molecule has 2 aromatic carbocycles. The summed E-state index contributed by atoms with van der Waals surface area (Å²) in [5, 5.41) is 7.27. The highest BCUT2D eigenvalue weighted by Gasteiger charge is 2.45. The van der Waals surface area contributed by atoms with Crippen LogP contribution < -0.4 is 5.32 Å². The second-order valence-electron chi connectivity index (χ2n) is 7.54. The van der Waals surface area contributed by atoms with Crippen LogP contribution in [0.3, 0.4) is 0 Å². The normalized spacial score (nSPS) is 22.6. The summed E-state index contributed by atoms with van der Waals surface area (Å²) in [6.07, 6.45) is 0. The molecule has 2 atom stereocenters. The zero-order valence-corrected chi connectivity index (χ0v) is 16.9. The summed E-state index contributed by atoms with van der Waals surface area (Å²) in [7, 11) is -3.16. The average Bonchev–Trinajstić information content (AvgIpc) is 3.37. The van der Waals surface area contributed by atoms with Crippen LogP contribution in [-0.4, -0.2) is 66.0 Å². The molecule has 5 rings (SSSR count). The third kappa shape index (κ3) is 3.40. The predicted octanol–water partition coefficient (Wildman–Crippen LogP) is 1.61. The van der Waals surface area contributed by atoms with Gasteiger partial charge in [0.1, 0.15) is 0 Å². The van der Waals surface area contributed by atoms with E-state index in [0.717, 1.165) is 5.56 Å². The second kappa shape index (κ2) is 7.33. The molecule has 2 fully saturated rings. The summed E-state index contributed by atoms with van der Waals surface area (Å²) in [4.78, 5) is 19.6. The van der Waals surface area contributed by atoms with Crippen molar-refractivity contribution in [2.75, 3.05) is 24.6 Å². The van der Waals surface area contributed by atoms with Gasteiger partial charge in [-0.05, 0) is 12.1 Å². The SMILES string of the molecule is O=C(c1ccccc1-c1nc(-c2ccccc2)no1)N1CCN[C@H]2CS(=O)(=O)C[C@H]21. The van der Waals surface area contributed by atoms with Crippen molar-refractivity contribution in [1.29, 1.82) is 0 Å². The Morgan fingerprint density at radius 3 is 2.67 bits per heavy atom. The van der Waals surface area contributed by atoms with E-state index in [1.54, 1.807) is 29.2 Å². The highest BCUT2D eigenvalue weighted by molar-refractivity contribution is 7.91.